The van der Waals surface area contributed by atoms with Gasteiger partial charge in [-0.3, -0.25) is 0 Å². The molecule has 144 valence electrons. The van der Waals surface area contributed by atoms with E-state index in [1.165, 1.54) is 94.8 Å². The van der Waals surface area contributed by atoms with Crippen LogP contribution in [0.1, 0.15) is 101 Å². The van der Waals surface area contributed by atoms with Crippen molar-refractivity contribution < 1.29 is 0 Å². The van der Waals surface area contributed by atoms with Crippen molar-refractivity contribution in [2.24, 2.45) is 5.92 Å². The zero-order valence-corrected chi connectivity index (χ0v) is 17.3. The van der Waals surface area contributed by atoms with E-state index in [1.807, 2.05) is 0 Å². The van der Waals surface area contributed by atoms with Crippen LogP contribution in [-0.4, -0.2) is 24.0 Å². The zero-order chi connectivity index (χ0) is 17.9. The van der Waals surface area contributed by atoms with Crippen LogP contribution < -0.4 is 0 Å². The summed E-state index contributed by atoms with van der Waals surface area (Å²) in [5.41, 5.74) is 2.92. The molecule has 1 aromatic carbocycles. The molecule has 3 aliphatic carbocycles. The molecular weight excluding hydrogens is 338 g/mol. The smallest absolute Gasteiger partial charge is 0.0443 e. The average Bonchev–Trinajstić information content (AvgIpc) is 3.47. The molecule has 0 amide bonds. The maximum Gasteiger partial charge on any atom is 0.0443 e. The Bertz CT molecular complexity index is 586. The van der Waals surface area contributed by atoms with Crippen LogP contribution in [0.15, 0.2) is 18.2 Å². The summed E-state index contributed by atoms with van der Waals surface area (Å²) in [6.45, 7) is 4.87. The highest BCUT2D eigenvalue weighted by molar-refractivity contribution is 6.31. The molecule has 0 saturated heterocycles. The second-order valence-electron chi connectivity index (χ2n) is 9.10. The first-order valence-corrected chi connectivity index (χ1v) is 11.7. The lowest BCUT2D eigenvalue weighted by atomic mass is 9.83. The highest BCUT2D eigenvalue weighted by Crippen LogP contribution is 2.49. The Hall–Kier alpha value is -0.530. The van der Waals surface area contributed by atoms with E-state index in [-0.39, 0.29) is 0 Å². The topological polar surface area (TPSA) is 3.24 Å². The number of halogens is 1. The summed E-state index contributed by atoms with van der Waals surface area (Å²) in [5, 5.41) is 1.04. The maximum absolute atomic E-state index is 6.73. The van der Waals surface area contributed by atoms with E-state index in [9.17, 15) is 0 Å². The van der Waals surface area contributed by atoms with Gasteiger partial charge in [0.25, 0.3) is 0 Å². The van der Waals surface area contributed by atoms with Crippen LogP contribution in [0.2, 0.25) is 5.02 Å². The van der Waals surface area contributed by atoms with E-state index < -0.39 is 0 Å². The molecule has 3 saturated carbocycles. The molecule has 0 radical (unpaired) electrons. The van der Waals surface area contributed by atoms with Gasteiger partial charge in [0.1, 0.15) is 0 Å². The van der Waals surface area contributed by atoms with Gasteiger partial charge >= 0.3 is 0 Å². The standard InChI is InChI=1S/C24H36ClN/c1-2-26(21-11-7-4-8-12-21)17-20-15-23(20)19-13-14-22(24(25)16-19)18-9-5-3-6-10-18/h13-14,16,18,20-21,23H,2-12,15,17H2,1H3. The van der Waals surface area contributed by atoms with E-state index in [2.05, 4.69) is 30.0 Å². The Morgan fingerprint density at radius 2 is 1.65 bits per heavy atom. The van der Waals surface area contributed by atoms with Crippen molar-refractivity contribution in [1.29, 1.82) is 0 Å². The van der Waals surface area contributed by atoms with Gasteiger partial charge in [-0.2, -0.15) is 0 Å². The van der Waals surface area contributed by atoms with Crippen LogP contribution in [0.3, 0.4) is 0 Å². The Morgan fingerprint density at radius 3 is 2.31 bits per heavy atom. The molecule has 2 heteroatoms. The normalized spacial score (nSPS) is 27.8. The summed E-state index contributed by atoms with van der Waals surface area (Å²) < 4.78 is 0. The van der Waals surface area contributed by atoms with Gasteiger partial charge < -0.3 is 4.90 Å². The minimum absolute atomic E-state index is 0.710. The van der Waals surface area contributed by atoms with Crippen LogP contribution in [0.25, 0.3) is 0 Å². The lowest BCUT2D eigenvalue weighted by Gasteiger charge is -2.33. The highest BCUT2D eigenvalue weighted by atomic mass is 35.5. The first kappa shape index (κ1) is 18.8. The molecule has 4 rings (SSSR count). The Balaban J connectivity index is 1.36. The largest absolute Gasteiger partial charge is 0.300 e. The summed E-state index contributed by atoms with van der Waals surface area (Å²) >= 11 is 6.73. The second kappa shape index (κ2) is 8.65. The summed E-state index contributed by atoms with van der Waals surface area (Å²) in [4.78, 5) is 2.78. The fourth-order valence-electron chi connectivity index (χ4n) is 5.66. The van der Waals surface area contributed by atoms with Gasteiger partial charge in [-0.25, -0.2) is 0 Å². The fraction of sp³-hybridized carbons (Fsp3) is 0.750. The number of hydrogen-bond acceptors (Lipinski definition) is 1. The minimum Gasteiger partial charge on any atom is -0.300 e. The first-order valence-electron chi connectivity index (χ1n) is 11.3. The molecule has 0 aliphatic heterocycles. The van der Waals surface area contributed by atoms with Crippen molar-refractivity contribution in [3.8, 4) is 0 Å². The Kier molecular flexibility index (Phi) is 6.26. The number of rotatable bonds is 6. The van der Waals surface area contributed by atoms with Gasteiger partial charge in [0, 0.05) is 17.6 Å². The third kappa shape index (κ3) is 4.30. The first-order chi connectivity index (χ1) is 12.8. The number of hydrogen-bond donors (Lipinski definition) is 0. The molecule has 0 bridgehead atoms. The van der Waals surface area contributed by atoms with Crippen LogP contribution in [-0.2, 0) is 0 Å². The third-order valence-electron chi connectivity index (χ3n) is 7.39. The third-order valence-corrected chi connectivity index (χ3v) is 7.71. The predicted molar refractivity (Wildman–Crippen MR) is 112 cm³/mol. The van der Waals surface area contributed by atoms with Crippen LogP contribution in [0, 0.1) is 5.92 Å². The highest BCUT2D eigenvalue weighted by Gasteiger charge is 2.40. The summed E-state index contributed by atoms with van der Waals surface area (Å²) in [6, 6.07) is 7.93. The van der Waals surface area contributed by atoms with Crippen molar-refractivity contribution in [1.82, 2.24) is 4.90 Å². The summed E-state index contributed by atoms with van der Waals surface area (Å²) in [7, 11) is 0. The van der Waals surface area contributed by atoms with E-state index in [0.29, 0.717) is 5.92 Å². The van der Waals surface area contributed by atoms with Gasteiger partial charge in [0.2, 0.25) is 0 Å². The van der Waals surface area contributed by atoms with Crippen molar-refractivity contribution in [3.63, 3.8) is 0 Å². The average molecular weight is 374 g/mol. The quantitative estimate of drug-likeness (QED) is 0.511. The maximum atomic E-state index is 6.73. The Labute approximate surface area is 165 Å². The molecule has 0 spiro atoms. The minimum atomic E-state index is 0.710. The lowest BCUT2D eigenvalue weighted by molar-refractivity contribution is 0.156. The fourth-order valence-corrected chi connectivity index (χ4v) is 6.00. The van der Waals surface area contributed by atoms with Gasteiger partial charge in [0.05, 0.1) is 0 Å². The molecule has 26 heavy (non-hydrogen) atoms. The molecule has 3 fully saturated rings. The van der Waals surface area contributed by atoms with Crippen LogP contribution in [0.5, 0.6) is 0 Å². The summed E-state index contributed by atoms with van der Waals surface area (Å²) in [6.07, 6.45) is 15.4. The van der Waals surface area contributed by atoms with Crippen molar-refractivity contribution in [2.45, 2.75) is 95.4 Å². The molecular formula is C24H36ClN. The van der Waals surface area contributed by atoms with Gasteiger partial charge in [-0.1, -0.05) is 69.2 Å². The molecule has 2 unspecified atom stereocenters. The van der Waals surface area contributed by atoms with Crippen molar-refractivity contribution in [3.05, 3.63) is 34.3 Å². The monoisotopic (exact) mass is 373 g/mol. The lowest BCUT2D eigenvalue weighted by Crippen LogP contribution is -2.38. The predicted octanol–water partition coefficient (Wildman–Crippen LogP) is 7.15. The van der Waals surface area contributed by atoms with Gasteiger partial charge in [-0.05, 0) is 73.6 Å². The van der Waals surface area contributed by atoms with Crippen molar-refractivity contribution in [2.75, 3.05) is 13.1 Å². The zero-order valence-electron chi connectivity index (χ0n) is 16.6. The summed E-state index contributed by atoms with van der Waals surface area (Å²) in [5.74, 6) is 2.32. The SMILES string of the molecule is CCN(CC1CC1c1ccc(C2CCCCC2)c(Cl)c1)C1CCCCC1. The van der Waals surface area contributed by atoms with Gasteiger partial charge in [0.15, 0.2) is 0 Å². The molecule has 2 atom stereocenters. The Morgan fingerprint density at radius 1 is 0.962 bits per heavy atom. The second-order valence-corrected chi connectivity index (χ2v) is 9.50. The molecule has 1 aromatic rings. The van der Waals surface area contributed by atoms with Gasteiger partial charge in [-0.15, -0.1) is 0 Å². The van der Waals surface area contributed by atoms with E-state index >= 15 is 0 Å². The molecule has 1 nitrogen and oxygen atoms in total. The number of nitrogens with zero attached hydrogens (tertiary/aromatic N) is 1. The molecule has 3 aliphatic rings. The molecule has 0 N–H and O–H groups in total. The van der Waals surface area contributed by atoms with E-state index in [1.54, 1.807) is 0 Å². The number of benzene rings is 1. The molecule has 0 heterocycles. The van der Waals surface area contributed by atoms with Crippen molar-refractivity contribution >= 4 is 11.6 Å². The van der Waals surface area contributed by atoms with Crippen LogP contribution >= 0.6 is 11.6 Å². The molecule has 0 aromatic heterocycles. The van der Waals surface area contributed by atoms with Crippen LogP contribution in [0.4, 0.5) is 0 Å². The van der Waals surface area contributed by atoms with E-state index in [0.717, 1.165) is 22.9 Å². The van der Waals surface area contributed by atoms with E-state index in [4.69, 9.17) is 11.6 Å².